The van der Waals surface area contributed by atoms with E-state index in [9.17, 15) is 4.79 Å². The van der Waals surface area contributed by atoms with Crippen molar-refractivity contribution in [3.05, 3.63) is 29.8 Å². The molecule has 0 saturated heterocycles. The van der Waals surface area contributed by atoms with Crippen LogP contribution in [0.1, 0.15) is 18.9 Å². The zero-order valence-corrected chi connectivity index (χ0v) is 10.8. The molecule has 2 rings (SSSR count). The highest BCUT2D eigenvalue weighted by atomic mass is 32.2. The average Bonchev–Trinajstić information content (AvgIpc) is 2.68. The van der Waals surface area contributed by atoms with E-state index in [1.54, 1.807) is 0 Å². The summed E-state index contributed by atoms with van der Waals surface area (Å²) in [5.41, 5.74) is 6.60. The molecule has 3 nitrogen and oxygen atoms in total. The Labute approximate surface area is 106 Å². The minimum Gasteiger partial charge on any atom is -0.370 e. The fraction of sp³-hybridized carbons (Fsp3) is 0.462. The third-order valence-electron chi connectivity index (χ3n) is 2.92. The number of thioether (sulfide) groups is 1. The normalized spacial score (nSPS) is 19.9. The third kappa shape index (κ3) is 3.48. The number of hydrogen-bond acceptors (Lipinski definition) is 3. The zero-order valence-electron chi connectivity index (χ0n) is 9.98. The number of amides is 1. The van der Waals surface area contributed by atoms with E-state index in [0.29, 0.717) is 11.7 Å². The van der Waals surface area contributed by atoms with E-state index < -0.39 is 0 Å². The SMILES string of the molecule is CC(CC(N)=O)NCC1Cc2ccccc2S1. The van der Waals surface area contributed by atoms with E-state index in [1.165, 1.54) is 10.5 Å². The maximum absolute atomic E-state index is 10.8. The highest BCUT2D eigenvalue weighted by molar-refractivity contribution is 8.00. The number of benzene rings is 1. The molecule has 1 aliphatic rings. The van der Waals surface area contributed by atoms with Gasteiger partial charge in [-0.25, -0.2) is 0 Å². The van der Waals surface area contributed by atoms with Gasteiger partial charge in [0, 0.05) is 29.2 Å². The van der Waals surface area contributed by atoms with Crippen LogP contribution in [0.15, 0.2) is 29.2 Å². The Hall–Kier alpha value is -1.00. The predicted octanol–water partition coefficient (Wildman–Crippen LogP) is 1.56. The Morgan fingerprint density at radius 2 is 2.35 bits per heavy atom. The highest BCUT2D eigenvalue weighted by Gasteiger charge is 2.21. The average molecular weight is 250 g/mol. The topological polar surface area (TPSA) is 55.1 Å². The van der Waals surface area contributed by atoms with Crippen molar-refractivity contribution in [2.75, 3.05) is 6.54 Å². The van der Waals surface area contributed by atoms with Gasteiger partial charge in [-0.1, -0.05) is 18.2 Å². The monoisotopic (exact) mass is 250 g/mol. The summed E-state index contributed by atoms with van der Waals surface area (Å²) in [4.78, 5) is 12.2. The maximum atomic E-state index is 10.8. The molecule has 1 aliphatic heterocycles. The third-order valence-corrected chi connectivity index (χ3v) is 4.23. The molecule has 0 aliphatic carbocycles. The lowest BCUT2D eigenvalue weighted by Crippen LogP contribution is -2.35. The number of carbonyl (C=O) groups is 1. The van der Waals surface area contributed by atoms with E-state index in [4.69, 9.17) is 5.73 Å². The second-order valence-corrected chi connectivity index (χ2v) is 5.87. The Bertz CT molecular complexity index is 383. The molecule has 0 radical (unpaired) electrons. The van der Waals surface area contributed by atoms with Crippen molar-refractivity contribution in [3.63, 3.8) is 0 Å². The maximum Gasteiger partial charge on any atom is 0.218 e. The van der Waals surface area contributed by atoms with Gasteiger partial charge >= 0.3 is 0 Å². The van der Waals surface area contributed by atoms with Crippen LogP contribution in [0.2, 0.25) is 0 Å². The number of nitrogens with one attached hydrogen (secondary N) is 1. The zero-order chi connectivity index (χ0) is 12.3. The highest BCUT2D eigenvalue weighted by Crippen LogP contribution is 2.36. The Balaban J connectivity index is 1.78. The van der Waals surface area contributed by atoms with Crippen LogP contribution >= 0.6 is 11.8 Å². The van der Waals surface area contributed by atoms with Gasteiger partial charge in [-0.05, 0) is 25.0 Å². The molecule has 4 heteroatoms. The molecule has 0 bridgehead atoms. The summed E-state index contributed by atoms with van der Waals surface area (Å²) in [6.45, 7) is 2.92. The van der Waals surface area contributed by atoms with E-state index in [0.717, 1.165) is 13.0 Å². The molecule has 0 spiro atoms. The number of primary amides is 1. The first-order valence-electron chi connectivity index (χ1n) is 5.91. The van der Waals surface area contributed by atoms with Crippen LogP contribution in [0.5, 0.6) is 0 Å². The molecule has 0 fully saturated rings. The van der Waals surface area contributed by atoms with Crippen LogP contribution in [0.25, 0.3) is 0 Å². The molecule has 1 amide bonds. The number of rotatable bonds is 5. The van der Waals surface area contributed by atoms with Gasteiger partial charge in [-0.2, -0.15) is 0 Å². The Kier molecular flexibility index (Phi) is 4.07. The summed E-state index contributed by atoms with van der Waals surface area (Å²) in [6.07, 6.45) is 1.52. The van der Waals surface area contributed by atoms with E-state index in [2.05, 4.69) is 29.6 Å². The Morgan fingerprint density at radius 1 is 1.59 bits per heavy atom. The van der Waals surface area contributed by atoms with Gasteiger partial charge in [-0.3, -0.25) is 4.79 Å². The largest absolute Gasteiger partial charge is 0.370 e. The molecule has 0 aromatic heterocycles. The van der Waals surface area contributed by atoms with Gasteiger partial charge in [0.2, 0.25) is 5.91 Å². The minimum atomic E-state index is -0.243. The van der Waals surface area contributed by atoms with Crippen molar-refractivity contribution in [2.45, 2.75) is 36.0 Å². The number of fused-ring (bicyclic) bond motifs is 1. The fourth-order valence-electron chi connectivity index (χ4n) is 2.07. The van der Waals surface area contributed by atoms with Crippen molar-refractivity contribution < 1.29 is 4.79 Å². The first-order chi connectivity index (χ1) is 8.15. The van der Waals surface area contributed by atoms with Gasteiger partial charge in [0.25, 0.3) is 0 Å². The van der Waals surface area contributed by atoms with Crippen LogP contribution < -0.4 is 11.1 Å². The van der Waals surface area contributed by atoms with Gasteiger partial charge in [-0.15, -0.1) is 11.8 Å². The molecule has 2 unspecified atom stereocenters. The molecule has 1 aromatic carbocycles. The van der Waals surface area contributed by atoms with Gasteiger partial charge < -0.3 is 11.1 Å². The van der Waals surface area contributed by atoms with Crippen LogP contribution in [0.4, 0.5) is 0 Å². The number of carbonyl (C=O) groups excluding carboxylic acids is 1. The molecule has 3 N–H and O–H groups in total. The molecule has 17 heavy (non-hydrogen) atoms. The van der Waals surface area contributed by atoms with Crippen LogP contribution in [0.3, 0.4) is 0 Å². The first-order valence-corrected chi connectivity index (χ1v) is 6.79. The van der Waals surface area contributed by atoms with E-state index >= 15 is 0 Å². The van der Waals surface area contributed by atoms with Crippen LogP contribution in [0, 0.1) is 0 Å². The minimum absolute atomic E-state index is 0.164. The van der Waals surface area contributed by atoms with Gasteiger partial charge in [0.1, 0.15) is 0 Å². The number of nitrogens with two attached hydrogens (primary N) is 1. The van der Waals surface area contributed by atoms with Crippen molar-refractivity contribution in [3.8, 4) is 0 Å². The van der Waals surface area contributed by atoms with Crippen molar-refractivity contribution in [2.24, 2.45) is 5.73 Å². The van der Waals surface area contributed by atoms with E-state index in [1.807, 2.05) is 18.7 Å². The molecule has 92 valence electrons. The summed E-state index contributed by atoms with van der Waals surface area (Å²) in [5, 5.41) is 3.94. The molecule has 0 saturated carbocycles. The molecule has 1 heterocycles. The Morgan fingerprint density at radius 3 is 3.06 bits per heavy atom. The van der Waals surface area contributed by atoms with Crippen LogP contribution in [-0.2, 0) is 11.2 Å². The predicted molar refractivity (Wildman–Crippen MR) is 71.1 cm³/mol. The lowest BCUT2D eigenvalue weighted by Gasteiger charge is -2.15. The van der Waals surface area contributed by atoms with E-state index in [-0.39, 0.29) is 11.9 Å². The van der Waals surface area contributed by atoms with Crippen molar-refractivity contribution in [1.82, 2.24) is 5.32 Å². The summed E-state index contributed by atoms with van der Waals surface area (Å²) in [6, 6.07) is 8.70. The molecule has 2 atom stereocenters. The first kappa shape index (κ1) is 12.5. The quantitative estimate of drug-likeness (QED) is 0.834. The standard InChI is InChI=1S/C13H18N2OS/c1-9(6-13(14)16)15-8-11-7-10-4-2-3-5-12(10)17-11/h2-5,9,11,15H,6-8H2,1H3,(H2,14,16). The summed E-state index contributed by atoms with van der Waals surface area (Å²) in [7, 11) is 0. The van der Waals surface area contributed by atoms with Crippen molar-refractivity contribution >= 4 is 17.7 Å². The van der Waals surface area contributed by atoms with Gasteiger partial charge in [0.15, 0.2) is 0 Å². The van der Waals surface area contributed by atoms with Crippen molar-refractivity contribution in [1.29, 1.82) is 0 Å². The van der Waals surface area contributed by atoms with Gasteiger partial charge in [0.05, 0.1) is 0 Å². The lowest BCUT2D eigenvalue weighted by atomic mass is 10.1. The fourth-order valence-corrected chi connectivity index (χ4v) is 3.34. The molecular formula is C13H18N2OS. The second-order valence-electron chi connectivity index (χ2n) is 4.53. The smallest absolute Gasteiger partial charge is 0.218 e. The lowest BCUT2D eigenvalue weighted by molar-refractivity contribution is -0.118. The summed E-state index contributed by atoms with van der Waals surface area (Å²) < 4.78 is 0. The summed E-state index contributed by atoms with van der Waals surface area (Å²) >= 11 is 1.92. The molecular weight excluding hydrogens is 232 g/mol. The second kappa shape index (κ2) is 5.56. The number of hydrogen-bond donors (Lipinski definition) is 2. The summed E-state index contributed by atoms with van der Waals surface area (Å²) in [5.74, 6) is -0.243. The molecule has 1 aromatic rings. The van der Waals surface area contributed by atoms with Crippen LogP contribution in [-0.4, -0.2) is 23.7 Å².